The zero-order chi connectivity index (χ0) is 9.90. The maximum Gasteiger partial charge on any atom is 0.416 e. The van der Waals surface area contributed by atoms with Crippen molar-refractivity contribution in [2.24, 2.45) is 0 Å². The zero-order valence-electron chi connectivity index (χ0n) is 6.94. The third kappa shape index (κ3) is 2.63. The largest absolute Gasteiger partial charge is 0.416 e. The second-order valence-corrected chi connectivity index (χ2v) is 2.95. The summed E-state index contributed by atoms with van der Waals surface area (Å²) in [6.07, 6.45) is -4.27. The van der Waals surface area contributed by atoms with Gasteiger partial charge < -0.3 is 0 Å². The third-order valence-corrected chi connectivity index (χ3v) is 1.71. The first-order valence-electron chi connectivity index (χ1n) is 3.64. The molecule has 0 aliphatic heterocycles. The molecule has 0 aliphatic carbocycles. The highest BCUT2D eigenvalue weighted by Gasteiger charge is 2.30. The Kier molecular flexibility index (Phi) is 2.78. The summed E-state index contributed by atoms with van der Waals surface area (Å²) in [5.41, 5.74) is 2.46. The monoisotopic (exact) mass is 200 g/mol. The fourth-order valence-corrected chi connectivity index (χ4v) is 1.21. The molecule has 0 fully saturated rings. The van der Waals surface area contributed by atoms with Gasteiger partial charge in [-0.05, 0) is 18.2 Å². The van der Waals surface area contributed by atoms with Crippen molar-refractivity contribution in [3.8, 4) is 11.5 Å². The molecule has 0 unspecified atom stereocenters. The smallest absolute Gasteiger partial charge is 0.166 e. The minimum Gasteiger partial charge on any atom is -0.166 e. The van der Waals surface area contributed by atoms with Crippen molar-refractivity contribution in [3.05, 3.63) is 35.4 Å². The van der Waals surface area contributed by atoms with Crippen LogP contribution in [0.1, 0.15) is 11.1 Å². The van der Waals surface area contributed by atoms with Gasteiger partial charge in [0.05, 0.1) is 15.8 Å². The third-order valence-electron chi connectivity index (χ3n) is 1.46. The summed E-state index contributed by atoms with van der Waals surface area (Å²) in [6, 6.07) is 5.04. The van der Waals surface area contributed by atoms with E-state index in [9.17, 15) is 13.2 Å². The van der Waals surface area contributed by atoms with Gasteiger partial charge in [0.1, 0.15) is 0 Å². The molecule has 0 spiro atoms. The normalized spacial score (nSPS) is 10.7. The van der Waals surface area contributed by atoms with Gasteiger partial charge in [0.25, 0.3) is 0 Å². The molecule has 1 aromatic rings. The van der Waals surface area contributed by atoms with Crippen LogP contribution in [0.3, 0.4) is 0 Å². The first kappa shape index (κ1) is 9.87. The van der Waals surface area contributed by atoms with Gasteiger partial charge in [-0.3, -0.25) is 0 Å². The summed E-state index contributed by atoms with van der Waals surface area (Å²) >= 11 is 0. The van der Waals surface area contributed by atoms with Crippen LogP contribution in [0.15, 0.2) is 24.3 Å². The van der Waals surface area contributed by atoms with Crippen molar-refractivity contribution in [2.75, 3.05) is 0 Å². The van der Waals surface area contributed by atoms with E-state index in [1.165, 1.54) is 6.07 Å². The summed E-state index contributed by atoms with van der Waals surface area (Å²) in [6.45, 7) is 0. The van der Waals surface area contributed by atoms with Gasteiger partial charge in [-0.15, -0.1) is 5.54 Å². The lowest BCUT2D eigenvalue weighted by Gasteiger charge is -2.05. The highest BCUT2D eigenvalue weighted by atomic mass is 28.1. The number of hydrogen-bond acceptors (Lipinski definition) is 0. The van der Waals surface area contributed by atoms with Gasteiger partial charge in [0.15, 0.2) is 0 Å². The van der Waals surface area contributed by atoms with Crippen molar-refractivity contribution in [1.82, 2.24) is 0 Å². The number of halogens is 3. The van der Waals surface area contributed by atoms with E-state index in [1.807, 2.05) is 0 Å². The second kappa shape index (κ2) is 3.67. The molecule has 0 nitrogen and oxygen atoms in total. The lowest BCUT2D eigenvalue weighted by molar-refractivity contribution is -0.137. The van der Waals surface area contributed by atoms with E-state index in [0.29, 0.717) is 15.8 Å². The molecule has 0 bridgehead atoms. The van der Waals surface area contributed by atoms with E-state index < -0.39 is 11.7 Å². The van der Waals surface area contributed by atoms with Crippen LogP contribution in [0.2, 0.25) is 0 Å². The van der Waals surface area contributed by atoms with E-state index in [-0.39, 0.29) is 0 Å². The van der Waals surface area contributed by atoms with Gasteiger partial charge in [0, 0.05) is 5.56 Å². The van der Waals surface area contributed by atoms with Crippen LogP contribution in [0.5, 0.6) is 0 Å². The molecule has 0 heterocycles. The lowest BCUT2D eigenvalue weighted by Crippen LogP contribution is -2.04. The van der Waals surface area contributed by atoms with Gasteiger partial charge in [0.2, 0.25) is 0 Å². The van der Waals surface area contributed by atoms with E-state index in [1.54, 1.807) is 6.07 Å². The predicted octanol–water partition coefficient (Wildman–Crippen LogP) is 1.38. The SMILES string of the molecule is FC(F)(F)c1cccc(C#C[SiH3])c1. The molecule has 0 radical (unpaired) electrons. The summed E-state index contributed by atoms with van der Waals surface area (Å²) in [5.74, 6) is 2.63. The zero-order valence-corrected chi connectivity index (χ0v) is 8.94. The van der Waals surface area contributed by atoms with E-state index in [4.69, 9.17) is 0 Å². The Labute approximate surface area is 77.2 Å². The standard InChI is InChI=1S/C9H7F3Si/c10-9(11,12)8-3-1-2-7(6-8)4-5-13/h1-3,6H,13H3. The van der Waals surface area contributed by atoms with Gasteiger partial charge in [-0.1, -0.05) is 12.0 Å². The Balaban J connectivity index is 3.10. The van der Waals surface area contributed by atoms with Crippen molar-refractivity contribution in [2.45, 2.75) is 6.18 Å². The van der Waals surface area contributed by atoms with Crippen LogP contribution in [-0.4, -0.2) is 10.2 Å². The van der Waals surface area contributed by atoms with E-state index >= 15 is 0 Å². The van der Waals surface area contributed by atoms with Crippen LogP contribution in [0.25, 0.3) is 0 Å². The average molecular weight is 200 g/mol. The van der Waals surface area contributed by atoms with Crippen LogP contribution < -0.4 is 0 Å². The molecule has 0 atom stereocenters. The molecule has 0 saturated heterocycles. The Bertz CT molecular complexity index is 357. The Morgan fingerprint density at radius 3 is 2.46 bits per heavy atom. The van der Waals surface area contributed by atoms with Crippen LogP contribution in [-0.2, 0) is 6.18 Å². The number of hydrogen-bond donors (Lipinski definition) is 0. The molecule has 0 N–H and O–H groups in total. The van der Waals surface area contributed by atoms with Gasteiger partial charge in [-0.25, -0.2) is 0 Å². The molecular formula is C9H7F3Si. The van der Waals surface area contributed by atoms with Crippen molar-refractivity contribution < 1.29 is 13.2 Å². The quantitative estimate of drug-likeness (QED) is 0.438. The molecule has 0 amide bonds. The van der Waals surface area contributed by atoms with Crippen molar-refractivity contribution >= 4 is 10.2 Å². The molecule has 0 aliphatic rings. The van der Waals surface area contributed by atoms with Gasteiger partial charge >= 0.3 is 6.18 Å². The molecule has 68 valence electrons. The molecule has 13 heavy (non-hydrogen) atoms. The molecule has 0 saturated carbocycles. The predicted molar refractivity (Wildman–Crippen MR) is 48.3 cm³/mol. The molecule has 1 rings (SSSR count). The van der Waals surface area contributed by atoms with E-state index in [0.717, 1.165) is 12.1 Å². The first-order valence-corrected chi connectivity index (χ1v) is 4.64. The first-order chi connectivity index (χ1) is 6.04. The van der Waals surface area contributed by atoms with E-state index in [2.05, 4.69) is 11.5 Å². The summed E-state index contributed by atoms with van der Waals surface area (Å²) < 4.78 is 36.5. The second-order valence-electron chi connectivity index (χ2n) is 2.45. The number of rotatable bonds is 0. The topological polar surface area (TPSA) is 0 Å². The fraction of sp³-hybridized carbons (Fsp3) is 0.111. The van der Waals surface area contributed by atoms with Crippen molar-refractivity contribution in [3.63, 3.8) is 0 Å². The van der Waals surface area contributed by atoms with Crippen molar-refractivity contribution in [1.29, 1.82) is 0 Å². The molecular weight excluding hydrogens is 193 g/mol. The Morgan fingerprint density at radius 1 is 1.23 bits per heavy atom. The highest BCUT2D eigenvalue weighted by molar-refractivity contribution is 6.22. The molecule has 0 aromatic heterocycles. The molecule has 4 heteroatoms. The molecule has 1 aromatic carbocycles. The Hall–Kier alpha value is -1.21. The van der Waals surface area contributed by atoms with Gasteiger partial charge in [-0.2, -0.15) is 13.2 Å². The maximum atomic E-state index is 12.2. The summed E-state index contributed by atoms with van der Waals surface area (Å²) in [7, 11) is 0.669. The average Bonchev–Trinajstić information content (AvgIpc) is 2.04. The highest BCUT2D eigenvalue weighted by Crippen LogP contribution is 2.29. The fourth-order valence-electron chi connectivity index (χ4n) is 0.918. The van der Waals surface area contributed by atoms with Crippen LogP contribution >= 0.6 is 0 Å². The summed E-state index contributed by atoms with van der Waals surface area (Å²) in [4.78, 5) is 0. The maximum absolute atomic E-state index is 12.2. The lowest BCUT2D eigenvalue weighted by atomic mass is 10.1. The summed E-state index contributed by atoms with van der Waals surface area (Å²) in [5, 5.41) is 0. The van der Waals surface area contributed by atoms with Crippen LogP contribution in [0, 0.1) is 11.5 Å². The Morgan fingerprint density at radius 2 is 1.92 bits per heavy atom. The number of alkyl halides is 3. The van der Waals surface area contributed by atoms with Crippen LogP contribution in [0.4, 0.5) is 13.2 Å². The number of benzene rings is 1. The minimum atomic E-state index is -4.27. The minimum absolute atomic E-state index is 0.421.